The summed E-state index contributed by atoms with van der Waals surface area (Å²) in [5.41, 5.74) is 0.957. The number of nitrogens with zero attached hydrogens (tertiary/aromatic N) is 1. The minimum atomic E-state index is 0.373. The maximum Gasteiger partial charge on any atom is 0.222 e. The molecule has 1 saturated heterocycles. The van der Waals surface area contributed by atoms with E-state index in [4.69, 9.17) is 0 Å². The lowest BCUT2D eigenvalue weighted by molar-refractivity contribution is -0.159. The molecule has 3 saturated carbocycles. The van der Waals surface area contributed by atoms with E-state index in [0.29, 0.717) is 22.8 Å². The summed E-state index contributed by atoms with van der Waals surface area (Å²) < 4.78 is 0. The van der Waals surface area contributed by atoms with Crippen molar-refractivity contribution in [2.45, 2.75) is 78.7 Å². The molecule has 0 spiro atoms. The zero-order valence-corrected chi connectivity index (χ0v) is 15.8. The predicted octanol–water partition coefficient (Wildman–Crippen LogP) is 4.73. The van der Waals surface area contributed by atoms with Crippen LogP contribution in [0.25, 0.3) is 0 Å². The van der Waals surface area contributed by atoms with Crippen molar-refractivity contribution in [1.82, 2.24) is 4.90 Å². The molecule has 23 heavy (non-hydrogen) atoms. The van der Waals surface area contributed by atoms with Crippen LogP contribution in [-0.4, -0.2) is 23.9 Å². The van der Waals surface area contributed by atoms with E-state index >= 15 is 0 Å². The highest BCUT2D eigenvalue weighted by atomic mass is 16.2. The third kappa shape index (κ3) is 1.96. The normalized spacial score (nSPS) is 56.0. The molecule has 0 aromatic heterocycles. The van der Waals surface area contributed by atoms with Crippen LogP contribution in [-0.2, 0) is 4.79 Å². The molecule has 0 aromatic rings. The quantitative estimate of drug-likeness (QED) is 0.632. The van der Waals surface area contributed by atoms with Gasteiger partial charge in [-0.1, -0.05) is 27.7 Å². The van der Waals surface area contributed by atoms with Crippen LogP contribution >= 0.6 is 0 Å². The van der Waals surface area contributed by atoms with Crippen LogP contribution in [0.15, 0.2) is 0 Å². The van der Waals surface area contributed by atoms with E-state index < -0.39 is 0 Å². The summed E-state index contributed by atoms with van der Waals surface area (Å²) in [6, 6.07) is 0.503. The summed E-state index contributed by atoms with van der Waals surface area (Å²) in [5.74, 6) is 4.86. The molecule has 1 heterocycles. The van der Waals surface area contributed by atoms with Crippen molar-refractivity contribution in [3.63, 3.8) is 0 Å². The third-order valence-electron chi connectivity index (χ3n) is 9.32. The number of fused-ring (bicyclic) bond motifs is 5. The smallest absolute Gasteiger partial charge is 0.222 e. The molecule has 8 unspecified atom stereocenters. The van der Waals surface area contributed by atoms with Crippen molar-refractivity contribution in [2.24, 2.45) is 40.4 Å². The molecule has 3 aliphatic carbocycles. The Kier molecular flexibility index (Phi) is 3.46. The molecular formula is C21H35NO. The van der Waals surface area contributed by atoms with E-state index in [1.165, 1.54) is 32.1 Å². The molecule has 1 aliphatic heterocycles. The number of piperidine rings is 1. The van der Waals surface area contributed by atoms with E-state index in [1.54, 1.807) is 0 Å². The predicted molar refractivity (Wildman–Crippen MR) is 93.9 cm³/mol. The first-order valence-electron chi connectivity index (χ1n) is 10.0. The summed E-state index contributed by atoms with van der Waals surface area (Å²) in [6.45, 7) is 10.2. The molecule has 0 aromatic carbocycles. The number of hydrogen-bond acceptors (Lipinski definition) is 1. The van der Waals surface area contributed by atoms with Crippen molar-refractivity contribution in [3.8, 4) is 0 Å². The summed E-state index contributed by atoms with van der Waals surface area (Å²) in [5, 5.41) is 0. The second kappa shape index (κ2) is 4.99. The highest BCUT2D eigenvalue weighted by Crippen LogP contribution is 2.67. The average molecular weight is 318 g/mol. The Labute approximate surface area is 142 Å². The molecular weight excluding hydrogens is 282 g/mol. The molecule has 2 heteroatoms. The monoisotopic (exact) mass is 317 g/mol. The van der Waals surface area contributed by atoms with Gasteiger partial charge in [-0.05, 0) is 78.9 Å². The number of likely N-dealkylation sites (tertiary alicyclic amines) is 1. The van der Waals surface area contributed by atoms with Crippen LogP contribution in [0, 0.1) is 40.4 Å². The lowest BCUT2D eigenvalue weighted by Gasteiger charge is -2.62. The van der Waals surface area contributed by atoms with Crippen molar-refractivity contribution in [3.05, 3.63) is 0 Å². The molecule has 4 aliphatic rings. The summed E-state index contributed by atoms with van der Waals surface area (Å²) in [4.78, 5) is 14.3. The summed E-state index contributed by atoms with van der Waals surface area (Å²) >= 11 is 0. The minimum absolute atomic E-state index is 0.373. The van der Waals surface area contributed by atoms with Crippen LogP contribution in [0.5, 0.6) is 0 Å². The second-order valence-electron chi connectivity index (χ2n) is 10.1. The van der Waals surface area contributed by atoms with Crippen molar-refractivity contribution >= 4 is 5.91 Å². The van der Waals surface area contributed by atoms with Gasteiger partial charge in [0.25, 0.3) is 0 Å². The SMILES string of the molecule is CC1CC(C)C2(C)CCC3C(CCC4N(C)C(=O)CCC34C)C12. The van der Waals surface area contributed by atoms with Crippen LogP contribution in [0.3, 0.4) is 0 Å². The first kappa shape index (κ1) is 16.0. The van der Waals surface area contributed by atoms with Gasteiger partial charge in [-0.3, -0.25) is 4.79 Å². The van der Waals surface area contributed by atoms with E-state index in [-0.39, 0.29) is 0 Å². The first-order valence-corrected chi connectivity index (χ1v) is 10.0. The van der Waals surface area contributed by atoms with Crippen LogP contribution < -0.4 is 0 Å². The van der Waals surface area contributed by atoms with E-state index in [0.717, 1.165) is 42.4 Å². The van der Waals surface area contributed by atoms with Crippen molar-refractivity contribution < 1.29 is 4.79 Å². The van der Waals surface area contributed by atoms with E-state index in [9.17, 15) is 4.79 Å². The fraction of sp³-hybridized carbons (Fsp3) is 0.952. The topological polar surface area (TPSA) is 20.3 Å². The number of carbonyl (C=O) groups is 1. The van der Waals surface area contributed by atoms with Crippen molar-refractivity contribution in [1.29, 1.82) is 0 Å². The van der Waals surface area contributed by atoms with Crippen molar-refractivity contribution in [2.75, 3.05) is 7.05 Å². The maximum atomic E-state index is 12.2. The van der Waals surface area contributed by atoms with Gasteiger partial charge in [0.2, 0.25) is 5.91 Å². The summed E-state index contributed by atoms with van der Waals surface area (Å²) in [7, 11) is 2.07. The molecule has 4 rings (SSSR count). The Bertz CT molecular complexity index is 516. The Morgan fingerprint density at radius 3 is 2.52 bits per heavy atom. The van der Waals surface area contributed by atoms with Crippen LogP contribution in [0.2, 0.25) is 0 Å². The maximum absolute atomic E-state index is 12.2. The largest absolute Gasteiger partial charge is 0.342 e. The Balaban J connectivity index is 1.68. The van der Waals surface area contributed by atoms with E-state index in [1.807, 2.05) is 0 Å². The van der Waals surface area contributed by atoms with Gasteiger partial charge in [0, 0.05) is 19.5 Å². The number of amides is 1. The molecule has 0 bridgehead atoms. The number of carbonyl (C=O) groups excluding carboxylic acids is 1. The lowest BCUT2D eigenvalue weighted by Crippen LogP contribution is -2.61. The zero-order valence-electron chi connectivity index (χ0n) is 15.8. The highest BCUT2D eigenvalue weighted by molar-refractivity contribution is 5.77. The van der Waals surface area contributed by atoms with Gasteiger partial charge in [-0.15, -0.1) is 0 Å². The second-order valence-corrected chi connectivity index (χ2v) is 10.1. The molecule has 1 amide bonds. The first-order chi connectivity index (χ1) is 10.8. The van der Waals surface area contributed by atoms with Crippen LogP contribution in [0.4, 0.5) is 0 Å². The molecule has 8 atom stereocenters. The highest BCUT2D eigenvalue weighted by Gasteiger charge is 2.61. The molecule has 4 fully saturated rings. The van der Waals surface area contributed by atoms with E-state index in [2.05, 4.69) is 39.6 Å². The molecule has 0 N–H and O–H groups in total. The van der Waals surface area contributed by atoms with Gasteiger partial charge < -0.3 is 4.90 Å². The molecule has 130 valence electrons. The zero-order chi connectivity index (χ0) is 16.6. The van der Waals surface area contributed by atoms with Gasteiger partial charge in [-0.25, -0.2) is 0 Å². The fourth-order valence-corrected chi connectivity index (χ4v) is 8.05. The number of hydrogen-bond donors (Lipinski definition) is 0. The summed E-state index contributed by atoms with van der Waals surface area (Å²) in [6.07, 6.45) is 8.78. The molecule has 0 radical (unpaired) electrons. The Morgan fingerprint density at radius 1 is 1.04 bits per heavy atom. The van der Waals surface area contributed by atoms with Gasteiger partial charge in [0.1, 0.15) is 0 Å². The average Bonchev–Trinajstić information content (AvgIpc) is 2.73. The standard InChI is InChI=1S/C21H35NO/c1-13-12-14(2)20(3)10-8-16-15(19(13)20)6-7-17-21(16,4)11-9-18(23)22(17)5/h13-17,19H,6-12H2,1-5H3. The lowest BCUT2D eigenvalue weighted by atomic mass is 9.46. The van der Waals surface area contributed by atoms with Gasteiger partial charge in [-0.2, -0.15) is 0 Å². The van der Waals surface area contributed by atoms with Gasteiger partial charge >= 0.3 is 0 Å². The minimum Gasteiger partial charge on any atom is -0.342 e. The Morgan fingerprint density at radius 2 is 1.78 bits per heavy atom. The molecule has 2 nitrogen and oxygen atoms in total. The third-order valence-corrected chi connectivity index (χ3v) is 9.32. The van der Waals surface area contributed by atoms with Gasteiger partial charge in [0.15, 0.2) is 0 Å². The fourth-order valence-electron chi connectivity index (χ4n) is 8.05. The number of rotatable bonds is 0. The van der Waals surface area contributed by atoms with Gasteiger partial charge in [0.05, 0.1) is 0 Å². The van der Waals surface area contributed by atoms with Crippen LogP contribution in [0.1, 0.15) is 72.6 Å². The Hall–Kier alpha value is -0.530.